The highest BCUT2D eigenvalue weighted by molar-refractivity contribution is 9.11. The molecule has 1 aromatic heterocycles. The molecular formula is C9H10BrNO3S. The van der Waals surface area contributed by atoms with Crippen LogP contribution in [0.3, 0.4) is 0 Å². The summed E-state index contributed by atoms with van der Waals surface area (Å²) in [6.45, 7) is 1.31. The van der Waals surface area contributed by atoms with Gasteiger partial charge >= 0.3 is 5.97 Å². The first kappa shape index (κ1) is 12.2. The Kier molecular flexibility index (Phi) is 4.28. The molecule has 0 saturated carbocycles. The van der Waals surface area contributed by atoms with Crippen molar-refractivity contribution < 1.29 is 14.7 Å². The fraction of sp³-hybridized carbons (Fsp3) is 0.333. The van der Waals surface area contributed by atoms with E-state index in [1.807, 2.05) is 12.1 Å². The Morgan fingerprint density at radius 3 is 2.67 bits per heavy atom. The molecule has 6 heteroatoms. The lowest BCUT2D eigenvalue weighted by atomic mass is 10.2. The molecule has 0 bridgehead atoms. The van der Waals surface area contributed by atoms with Crippen molar-refractivity contribution in [3.8, 4) is 0 Å². The minimum Gasteiger partial charge on any atom is -0.480 e. The minimum absolute atomic E-state index is 0.311. The first-order chi connectivity index (χ1) is 6.99. The van der Waals surface area contributed by atoms with E-state index in [0.717, 1.165) is 8.66 Å². The number of hydrogen-bond donors (Lipinski definition) is 2. The lowest BCUT2D eigenvalue weighted by Crippen LogP contribution is -2.40. The predicted molar refractivity (Wildman–Crippen MR) is 61.0 cm³/mol. The SMILES string of the molecule is CC(=O)NC(Cc1ccc(Br)s1)C(=O)O. The molecule has 0 fully saturated rings. The zero-order valence-electron chi connectivity index (χ0n) is 7.99. The molecule has 1 unspecified atom stereocenters. The molecule has 2 N–H and O–H groups in total. The van der Waals surface area contributed by atoms with E-state index in [9.17, 15) is 9.59 Å². The van der Waals surface area contributed by atoms with E-state index in [1.54, 1.807) is 0 Å². The number of carbonyl (C=O) groups is 2. The third kappa shape index (κ3) is 4.01. The second kappa shape index (κ2) is 5.27. The molecule has 4 nitrogen and oxygen atoms in total. The highest BCUT2D eigenvalue weighted by atomic mass is 79.9. The van der Waals surface area contributed by atoms with Gasteiger partial charge in [-0.3, -0.25) is 4.79 Å². The predicted octanol–water partition coefficient (Wildman–Crippen LogP) is 1.64. The van der Waals surface area contributed by atoms with Crippen LogP contribution in [0.15, 0.2) is 15.9 Å². The van der Waals surface area contributed by atoms with Crippen LogP contribution in [0.1, 0.15) is 11.8 Å². The van der Waals surface area contributed by atoms with Gasteiger partial charge in [-0.15, -0.1) is 11.3 Å². The fourth-order valence-corrected chi connectivity index (χ4v) is 2.64. The van der Waals surface area contributed by atoms with Gasteiger partial charge in [0.05, 0.1) is 3.79 Å². The molecule has 1 amide bonds. The molecule has 1 aromatic rings. The van der Waals surface area contributed by atoms with Crippen LogP contribution in [0.5, 0.6) is 0 Å². The van der Waals surface area contributed by atoms with Gasteiger partial charge in [-0.2, -0.15) is 0 Å². The molecule has 0 saturated heterocycles. The summed E-state index contributed by atoms with van der Waals surface area (Å²) in [6.07, 6.45) is 0.311. The Morgan fingerprint density at radius 1 is 1.60 bits per heavy atom. The fourth-order valence-electron chi connectivity index (χ4n) is 1.11. The summed E-state index contributed by atoms with van der Waals surface area (Å²) in [4.78, 5) is 22.5. The van der Waals surface area contributed by atoms with Crippen molar-refractivity contribution in [2.75, 3.05) is 0 Å². The second-order valence-electron chi connectivity index (χ2n) is 3.00. The number of rotatable bonds is 4. The normalized spacial score (nSPS) is 12.1. The highest BCUT2D eigenvalue weighted by Gasteiger charge is 2.19. The van der Waals surface area contributed by atoms with Crippen LogP contribution >= 0.6 is 27.3 Å². The lowest BCUT2D eigenvalue weighted by Gasteiger charge is -2.11. The van der Waals surface area contributed by atoms with Crippen LogP contribution in [0.4, 0.5) is 0 Å². The molecule has 1 rings (SSSR count). The standard InChI is InChI=1S/C9H10BrNO3S/c1-5(12)11-7(9(13)14)4-6-2-3-8(10)15-6/h2-3,7H,4H2,1H3,(H,11,12)(H,13,14). The van der Waals surface area contributed by atoms with Gasteiger partial charge < -0.3 is 10.4 Å². The van der Waals surface area contributed by atoms with E-state index in [-0.39, 0.29) is 5.91 Å². The van der Waals surface area contributed by atoms with Crippen molar-refractivity contribution >= 4 is 39.1 Å². The summed E-state index contributed by atoms with van der Waals surface area (Å²) in [5.41, 5.74) is 0. The third-order valence-electron chi connectivity index (χ3n) is 1.71. The smallest absolute Gasteiger partial charge is 0.326 e. The second-order valence-corrected chi connectivity index (χ2v) is 5.55. The lowest BCUT2D eigenvalue weighted by molar-refractivity contribution is -0.141. The van der Waals surface area contributed by atoms with Crippen LogP contribution in [-0.4, -0.2) is 23.0 Å². The van der Waals surface area contributed by atoms with Gasteiger partial charge in [0.1, 0.15) is 6.04 Å². The number of amides is 1. The summed E-state index contributed by atoms with van der Waals surface area (Å²) in [5.74, 6) is -1.35. The van der Waals surface area contributed by atoms with Gasteiger partial charge in [0.2, 0.25) is 5.91 Å². The van der Waals surface area contributed by atoms with Gasteiger partial charge in [-0.1, -0.05) is 0 Å². The monoisotopic (exact) mass is 291 g/mol. The Bertz CT molecular complexity index is 377. The minimum atomic E-state index is -1.02. The Morgan fingerprint density at radius 2 is 2.27 bits per heavy atom. The highest BCUT2D eigenvalue weighted by Crippen LogP contribution is 2.23. The van der Waals surface area contributed by atoms with Crippen molar-refractivity contribution in [3.63, 3.8) is 0 Å². The Hall–Kier alpha value is -0.880. The summed E-state index contributed by atoms with van der Waals surface area (Å²) in [5, 5.41) is 11.3. The van der Waals surface area contributed by atoms with Crippen LogP contribution in [0, 0.1) is 0 Å². The molecule has 0 spiro atoms. The molecule has 1 atom stereocenters. The quantitative estimate of drug-likeness (QED) is 0.886. The number of nitrogens with one attached hydrogen (secondary N) is 1. The third-order valence-corrected chi connectivity index (χ3v) is 3.36. The van der Waals surface area contributed by atoms with E-state index in [1.165, 1.54) is 18.3 Å². The molecule has 1 heterocycles. The van der Waals surface area contributed by atoms with Crippen LogP contribution < -0.4 is 5.32 Å². The summed E-state index contributed by atoms with van der Waals surface area (Å²) in [6, 6.07) is 2.84. The van der Waals surface area contributed by atoms with Crippen molar-refractivity contribution in [3.05, 3.63) is 20.8 Å². The molecule has 0 aliphatic rings. The van der Waals surface area contributed by atoms with E-state index in [2.05, 4.69) is 21.2 Å². The Labute approximate surface area is 99.4 Å². The van der Waals surface area contributed by atoms with Gasteiger partial charge in [0, 0.05) is 18.2 Å². The van der Waals surface area contributed by atoms with Crippen molar-refractivity contribution in [1.29, 1.82) is 0 Å². The average Bonchev–Trinajstić information content (AvgIpc) is 2.49. The first-order valence-corrected chi connectivity index (χ1v) is 5.84. The topological polar surface area (TPSA) is 66.4 Å². The number of aliphatic carboxylic acids is 1. The van der Waals surface area contributed by atoms with E-state index >= 15 is 0 Å². The molecule has 0 aromatic carbocycles. The van der Waals surface area contributed by atoms with Crippen molar-refractivity contribution in [1.82, 2.24) is 5.32 Å². The molecule has 0 aliphatic carbocycles. The van der Waals surface area contributed by atoms with Crippen LogP contribution in [0.2, 0.25) is 0 Å². The number of thiophene rings is 1. The largest absolute Gasteiger partial charge is 0.480 e. The summed E-state index contributed by atoms with van der Waals surface area (Å²) < 4.78 is 0.949. The Balaban J connectivity index is 2.66. The molecule has 0 radical (unpaired) electrons. The summed E-state index contributed by atoms with van der Waals surface area (Å²) >= 11 is 4.76. The van der Waals surface area contributed by atoms with Gasteiger partial charge in [-0.25, -0.2) is 4.79 Å². The zero-order chi connectivity index (χ0) is 11.4. The maximum absolute atomic E-state index is 10.8. The number of carboxylic acids is 1. The molecule has 82 valence electrons. The van der Waals surface area contributed by atoms with Crippen LogP contribution in [0.25, 0.3) is 0 Å². The maximum Gasteiger partial charge on any atom is 0.326 e. The summed E-state index contributed by atoms with van der Waals surface area (Å²) in [7, 11) is 0. The van der Waals surface area contributed by atoms with Crippen molar-refractivity contribution in [2.24, 2.45) is 0 Å². The first-order valence-electron chi connectivity index (χ1n) is 4.23. The van der Waals surface area contributed by atoms with Gasteiger partial charge in [-0.05, 0) is 28.1 Å². The maximum atomic E-state index is 10.8. The van der Waals surface area contributed by atoms with E-state index in [0.29, 0.717) is 6.42 Å². The number of halogens is 1. The van der Waals surface area contributed by atoms with E-state index in [4.69, 9.17) is 5.11 Å². The van der Waals surface area contributed by atoms with Gasteiger partial charge in [0.25, 0.3) is 0 Å². The number of hydrogen-bond acceptors (Lipinski definition) is 3. The molecule has 0 aliphatic heterocycles. The molecule has 15 heavy (non-hydrogen) atoms. The number of carbonyl (C=O) groups excluding carboxylic acids is 1. The number of carboxylic acid groups (broad SMARTS) is 1. The van der Waals surface area contributed by atoms with Gasteiger partial charge in [0.15, 0.2) is 0 Å². The average molecular weight is 292 g/mol. The molecular weight excluding hydrogens is 282 g/mol. The zero-order valence-corrected chi connectivity index (χ0v) is 10.4. The van der Waals surface area contributed by atoms with E-state index < -0.39 is 12.0 Å². The van der Waals surface area contributed by atoms with Crippen molar-refractivity contribution in [2.45, 2.75) is 19.4 Å². The van der Waals surface area contributed by atoms with Crippen LogP contribution in [-0.2, 0) is 16.0 Å².